The quantitative estimate of drug-likeness (QED) is 0.225. The Morgan fingerprint density at radius 2 is 0.971 bits per heavy atom. The van der Waals surface area contributed by atoms with Gasteiger partial charge in [-0.1, -0.05) is 136 Å². The molecule has 0 saturated heterocycles. The van der Waals surface area contributed by atoms with Crippen molar-refractivity contribution in [2.24, 2.45) is 0 Å². The lowest BCUT2D eigenvalue weighted by Crippen LogP contribution is -2.32. The third-order valence-electron chi connectivity index (χ3n) is 6.23. The molecule has 0 aromatic heterocycles. The van der Waals surface area contributed by atoms with E-state index in [1.54, 1.807) is 0 Å². The molecule has 4 rings (SSSR count). The molecule has 4 aromatic rings. The van der Waals surface area contributed by atoms with Crippen LogP contribution in [0.5, 0.6) is 0 Å². The molecular formula is C32H33O2. The van der Waals surface area contributed by atoms with E-state index in [4.69, 9.17) is 4.74 Å². The summed E-state index contributed by atoms with van der Waals surface area (Å²) in [5, 5.41) is 14.8. The molecule has 0 atom stereocenters. The molecule has 0 fully saturated rings. The first kappa shape index (κ1) is 23.9. The van der Waals surface area contributed by atoms with Crippen molar-refractivity contribution in [3.63, 3.8) is 0 Å². The van der Waals surface area contributed by atoms with Crippen LogP contribution in [-0.2, 0) is 28.5 Å². The fourth-order valence-electron chi connectivity index (χ4n) is 4.41. The number of benzene rings is 4. The predicted molar refractivity (Wildman–Crippen MR) is 138 cm³/mol. The van der Waals surface area contributed by atoms with Crippen molar-refractivity contribution < 1.29 is 9.84 Å². The highest BCUT2D eigenvalue weighted by Gasteiger charge is 2.39. The van der Waals surface area contributed by atoms with E-state index in [2.05, 4.69) is 38.1 Å². The summed E-state index contributed by atoms with van der Waals surface area (Å²) in [6.45, 7) is 4.33. The molecule has 34 heavy (non-hydrogen) atoms. The third-order valence-corrected chi connectivity index (χ3v) is 6.23. The lowest BCUT2D eigenvalue weighted by atomic mass is 9.93. The molecule has 4 aromatic carbocycles. The minimum absolute atomic E-state index is 0.495. The zero-order valence-electron chi connectivity index (χ0n) is 20.1. The van der Waals surface area contributed by atoms with Gasteiger partial charge in [0, 0.05) is 11.1 Å². The fourth-order valence-corrected chi connectivity index (χ4v) is 4.41. The molecule has 0 amide bonds. The first-order valence-electron chi connectivity index (χ1n) is 12.3. The second-order valence-corrected chi connectivity index (χ2v) is 8.83. The van der Waals surface area contributed by atoms with Gasteiger partial charge in [0.1, 0.15) is 6.10 Å². The molecule has 0 unspecified atom stereocenters. The summed E-state index contributed by atoms with van der Waals surface area (Å²) in [4.78, 5) is 0. The minimum atomic E-state index is -1.86. The molecule has 0 saturated carbocycles. The molecule has 2 nitrogen and oxygen atoms in total. The Morgan fingerprint density at radius 1 is 0.588 bits per heavy atom. The summed E-state index contributed by atoms with van der Waals surface area (Å²) in [7, 11) is 0. The number of ether oxygens (including phenoxy) is 1. The van der Waals surface area contributed by atoms with Gasteiger partial charge in [0.25, 0.3) is 5.79 Å². The van der Waals surface area contributed by atoms with Gasteiger partial charge < -0.3 is 4.74 Å². The van der Waals surface area contributed by atoms with Gasteiger partial charge in [-0.2, -0.15) is 5.11 Å². The van der Waals surface area contributed by atoms with Crippen LogP contribution in [0.4, 0.5) is 0 Å². The highest BCUT2D eigenvalue weighted by molar-refractivity contribution is 5.38. The van der Waals surface area contributed by atoms with E-state index in [0.29, 0.717) is 11.1 Å². The second kappa shape index (κ2) is 11.3. The Kier molecular flexibility index (Phi) is 7.95. The van der Waals surface area contributed by atoms with Crippen LogP contribution in [0.1, 0.15) is 66.2 Å². The van der Waals surface area contributed by atoms with Crippen LogP contribution in [0.25, 0.3) is 0 Å². The molecule has 2 heteroatoms. The van der Waals surface area contributed by atoms with Gasteiger partial charge in [-0.25, -0.2) is 0 Å². The summed E-state index contributed by atoms with van der Waals surface area (Å²) in [6, 6.07) is 36.0. The van der Waals surface area contributed by atoms with Crippen molar-refractivity contribution in [1.82, 2.24) is 0 Å². The molecule has 173 valence electrons. The summed E-state index contributed by atoms with van der Waals surface area (Å²) >= 11 is 0. The van der Waals surface area contributed by atoms with Crippen LogP contribution >= 0.6 is 0 Å². The molecule has 1 radical (unpaired) electrons. The van der Waals surface area contributed by atoms with Crippen molar-refractivity contribution in [1.29, 1.82) is 0 Å². The van der Waals surface area contributed by atoms with Gasteiger partial charge in [-0.15, -0.1) is 0 Å². The smallest absolute Gasteiger partial charge is 0.255 e. The first-order chi connectivity index (χ1) is 16.6. The zero-order chi connectivity index (χ0) is 23.8. The maximum Gasteiger partial charge on any atom is 0.255 e. The average molecular weight is 450 g/mol. The van der Waals surface area contributed by atoms with E-state index in [1.165, 1.54) is 11.1 Å². The van der Waals surface area contributed by atoms with Gasteiger partial charge in [-0.3, -0.25) is 0 Å². The number of rotatable bonds is 10. The van der Waals surface area contributed by atoms with Crippen LogP contribution < -0.4 is 0 Å². The minimum Gasteiger partial charge on any atom is -0.327 e. The fraction of sp³-hybridized carbons (Fsp3) is 0.250. The van der Waals surface area contributed by atoms with E-state index >= 15 is 0 Å². The third kappa shape index (κ3) is 5.47. The van der Waals surface area contributed by atoms with E-state index in [9.17, 15) is 5.11 Å². The molecule has 0 bridgehead atoms. The highest BCUT2D eigenvalue weighted by atomic mass is 16.6. The van der Waals surface area contributed by atoms with Crippen LogP contribution in [0, 0.1) is 0 Å². The molecular weight excluding hydrogens is 416 g/mol. The maximum absolute atomic E-state index is 14.8. The van der Waals surface area contributed by atoms with Crippen molar-refractivity contribution >= 4 is 0 Å². The average Bonchev–Trinajstić information content (AvgIpc) is 2.89. The molecule has 0 N–H and O–H groups in total. The van der Waals surface area contributed by atoms with Gasteiger partial charge >= 0.3 is 0 Å². The predicted octanol–water partition coefficient (Wildman–Crippen LogP) is 8.03. The molecule has 0 aliphatic heterocycles. The maximum atomic E-state index is 14.8. The van der Waals surface area contributed by atoms with Crippen LogP contribution in [-0.4, -0.2) is 0 Å². The van der Waals surface area contributed by atoms with Gasteiger partial charge in [0.15, 0.2) is 0 Å². The van der Waals surface area contributed by atoms with Crippen LogP contribution in [0.3, 0.4) is 0 Å². The number of hydrogen-bond acceptors (Lipinski definition) is 1. The Morgan fingerprint density at radius 3 is 1.32 bits per heavy atom. The monoisotopic (exact) mass is 449 g/mol. The van der Waals surface area contributed by atoms with Crippen molar-refractivity contribution in [3.8, 4) is 0 Å². The lowest BCUT2D eigenvalue weighted by Gasteiger charge is -2.32. The Bertz CT molecular complexity index is 1040. The Labute approximate surface area is 203 Å². The van der Waals surface area contributed by atoms with Crippen molar-refractivity contribution in [2.45, 2.75) is 51.4 Å². The summed E-state index contributed by atoms with van der Waals surface area (Å²) in [6.07, 6.45) is 3.64. The lowest BCUT2D eigenvalue weighted by molar-refractivity contribution is -0.239. The van der Waals surface area contributed by atoms with E-state index in [-0.39, 0.29) is 0 Å². The van der Waals surface area contributed by atoms with Crippen LogP contribution in [0.2, 0.25) is 0 Å². The highest BCUT2D eigenvalue weighted by Crippen LogP contribution is 2.40. The van der Waals surface area contributed by atoms with Crippen molar-refractivity contribution in [3.05, 3.63) is 143 Å². The van der Waals surface area contributed by atoms with Crippen molar-refractivity contribution in [2.75, 3.05) is 0 Å². The number of hydrogen-bond donors (Lipinski definition) is 0. The topological polar surface area (TPSA) is 29.1 Å². The first-order valence-corrected chi connectivity index (χ1v) is 12.3. The van der Waals surface area contributed by atoms with Crippen LogP contribution in [0.15, 0.2) is 109 Å². The van der Waals surface area contributed by atoms with Gasteiger partial charge in [-0.05, 0) is 35.1 Å². The Balaban J connectivity index is 1.80. The molecule has 0 heterocycles. The summed E-state index contributed by atoms with van der Waals surface area (Å²) in [5.74, 6) is -1.86. The zero-order valence-corrected chi connectivity index (χ0v) is 20.1. The molecule has 0 aliphatic carbocycles. The van der Waals surface area contributed by atoms with E-state index < -0.39 is 11.9 Å². The number of aryl methyl sites for hydroxylation is 2. The molecule has 0 aliphatic rings. The molecule has 0 spiro atoms. The van der Waals surface area contributed by atoms with E-state index in [0.717, 1.165) is 36.8 Å². The van der Waals surface area contributed by atoms with Gasteiger partial charge in [0.2, 0.25) is 0 Å². The van der Waals surface area contributed by atoms with E-state index in [1.807, 2.05) is 84.9 Å². The normalized spacial score (nSPS) is 11.6. The Hall–Kier alpha value is -3.20. The summed E-state index contributed by atoms with van der Waals surface area (Å²) in [5.41, 5.74) is 5.61. The largest absolute Gasteiger partial charge is 0.327 e. The summed E-state index contributed by atoms with van der Waals surface area (Å²) < 4.78 is 6.63. The van der Waals surface area contributed by atoms with Gasteiger partial charge in [0.05, 0.1) is 0 Å². The second-order valence-electron chi connectivity index (χ2n) is 8.83. The standard InChI is InChI=1S/C32H33O2/c1-3-11-25-17-21-29(22-18-25)32(33,30-23-19-26(12-4-2)20-24-30)34-31(27-13-7-5-8-14-27)28-15-9-6-10-16-28/h5-10,13-24,31H,3-4,11-12H2,1-2H3. The SMILES string of the molecule is CCCc1ccc(C([O])(OC(c2ccccc2)c2ccccc2)c2ccc(CCC)cc2)cc1.